The van der Waals surface area contributed by atoms with Crippen LogP contribution >= 0.6 is 0 Å². The van der Waals surface area contributed by atoms with E-state index in [9.17, 15) is 8.42 Å². The van der Waals surface area contributed by atoms with Crippen LogP contribution in [0.5, 0.6) is 0 Å². The van der Waals surface area contributed by atoms with Crippen molar-refractivity contribution < 1.29 is 8.42 Å². The molecule has 0 unspecified atom stereocenters. The monoisotopic (exact) mass is 234 g/mol. The van der Waals surface area contributed by atoms with E-state index in [0.29, 0.717) is 19.1 Å². The molecule has 1 aliphatic rings. The number of nitrogens with one attached hydrogen (secondary N) is 1. The van der Waals surface area contributed by atoms with E-state index in [2.05, 4.69) is 5.32 Å². The van der Waals surface area contributed by atoms with Crippen LogP contribution in [0.1, 0.15) is 33.1 Å². The lowest BCUT2D eigenvalue weighted by Crippen LogP contribution is -2.33. The Morgan fingerprint density at radius 3 is 2.33 bits per heavy atom. The third kappa shape index (κ3) is 4.49. The third-order valence-electron chi connectivity index (χ3n) is 2.69. The molecule has 15 heavy (non-hydrogen) atoms. The summed E-state index contributed by atoms with van der Waals surface area (Å²) in [5, 5.41) is 3.32. The Morgan fingerprint density at radius 1 is 1.27 bits per heavy atom. The van der Waals surface area contributed by atoms with Gasteiger partial charge in [0.15, 0.2) is 0 Å². The van der Waals surface area contributed by atoms with E-state index >= 15 is 0 Å². The lowest BCUT2D eigenvalue weighted by molar-refractivity contribution is 0.443. The molecule has 0 radical (unpaired) electrons. The fourth-order valence-corrected chi connectivity index (χ4v) is 3.15. The molecule has 0 aromatic heterocycles. The van der Waals surface area contributed by atoms with E-state index < -0.39 is 10.0 Å². The van der Waals surface area contributed by atoms with Crippen molar-refractivity contribution in [1.82, 2.24) is 9.62 Å². The predicted molar refractivity (Wildman–Crippen MR) is 62.3 cm³/mol. The van der Waals surface area contributed by atoms with Crippen LogP contribution in [-0.4, -0.2) is 44.2 Å². The zero-order valence-corrected chi connectivity index (χ0v) is 10.5. The van der Waals surface area contributed by atoms with Gasteiger partial charge >= 0.3 is 0 Å². The van der Waals surface area contributed by atoms with Crippen LogP contribution in [0.2, 0.25) is 0 Å². The van der Waals surface area contributed by atoms with E-state index in [1.807, 2.05) is 13.8 Å². The van der Waals surface area contributed by atoms with Crippen molar-refractivity contribution in [1.29, 1.82) is 0 Å². The average Bonchev–Trinajstić information content (AvgIpc) is 2.97. The van der Waals surface area contributed by atoms with E-state index in [4.69, 9.17) is 0 Å². The van der Waals surface area contributed by atoms with Gasteiger partial charge in [0.2, 0.25) is 10.0 Å². The molecular weight excluding hydrogens is 212 g/mol. The molecule has 0 aliphatic heterocycles. The molecule has 0 bridgehead atoms. The van der Waals surface area contributed by atoms with Gasteiger partial charge in [0.05, 0.1) is 5.75 Å². The number of hydrogen-bond donors (Lipinski definition) is 1. The Labute approximate surface area is 93.1 Å². The van der Waals surface area contributed by atoms with E-state index in [1.165, 1.54) is 17.1 Å². The first-order valence-electron chi connectivity index (χ1n) is 5.81. The van der Waals surface area contributed by atoms with Gasteiger partial charge in [-0.15, -0.1) is 0 Å². The van der Waals surface area contributed by atoms with Crippen molar-refractivity contribution in [2.24, 2.45) is 0 Å². The molecule has 1 rings (SSSR count). The molecular formula is C10H22N2O2S. The van der Waals surface area contributed by atoms with E-state index in [0.717, 1.165) is 13.0 Å². The molecule has 0 saturated heterocycles. The predicted octanol–water partition coefficient (Wildman–Crippen LogP) is 0.800. The lowest BCUT2D eigenvalue weighted by atomic mass is 10.5. The van der Waals surface area contributed by atoms with Crippen LogP contribution in [0, 0.1) is 0 Å². The molecule has 1 fully saturated rings. The third-order valence-corrected chi connectivity index (χ3v) is 4.80. The van der Waals surface area contributed by atoms with Crippen LogP contribution in [0.15, 0.2) is 0 Å². The van der Waals surface area contributed by atoms with Gasteiger partial charge in [-0.2, -0.15) is 0 Å². The molecule has 0 amide bonds. The minimum absolute atomic E-state index is 0.272. The largest absolute Gasteiger partial charge is 0.314 e. The first-order valence-corrected chi connectivity index (χ1v) is 7.42. The summed E-state index contributed by atoms with van der Waals surface area (Å²) in [5.41, 5.74) is 0. The second kappa shape index (κ2) is 5.82. The van der Waals surface area contributed by atoms with Gasteiger partial charge < -0.3 is 5.32 Å². The van der Waals surface area contributed by atoms with Crippen molar-refractivity contribution >= 4 is 10.0 Å². The Balaban J connectivity index is 2.21. The van der Waals surface area contributed by atoms with Gasteiger partial charge in [-0.3, -0.25) is 0 Å². The Bertz CT molecular complexity index is 269. The molecule has 0 heterocycles. The summed E-state index contributed by atoms with van der Waals surface area (Å²) in [6.07, 6.45) is 3.22. The van der Waals surface area contributed by atoms with Crippen molar-refractivity contribution in [3.05, 3.63) is 0 Å². The maximum Gasteiger partial charge on any atom is 0.214 e. The molecule has 4 nitrogen and oxygen atoms in total. The minimum Gasteiger partial charge on any atom is -0.314 e. The molecule has 1 saturated carbocycles. The highest BCUT2D eigenvalue weighted by Gasteiger charge is 2.21. The van der Waals surface area contributed by atoms with Gasteiger partial charge in [0.25, 0.3) is 0 Å². The van der Waals surface area contributed by atoms with Gasteiger partial charge in [-0.1, -0.05) is 13.8 Å². The summed E-state index contributed by atoms with van der Waals surface area (Å²) < 4.78 is 25.0. The Hall–Kier alpha value is -0.130. The Kier molecular flexibility index (Phi) is 5.02. The van der Waals surface area contributed by atoms with Crippen LogP contribution < -0.4 is 5.32 Å². The highest BCUT2D eigenvalue weighted by Crippen LogP contribution is 2.18. The van der Waals surface area contributed by atoms with Crippen LogP contribution in [-0.2, 0) is 10.0 Å². The molecule has 1 N–H and O–H groups in total. The molecule has 90 valence electrons. The first-order chi connectivity index (χ1) is 7.10. The zero-order chi connectivity index (χ0) is 11.3. The fraction of sp³-hybridized carbons (Fsp3) is 1.00. The lowest BCUT2D eigenvalue weighted by Gasteiger charge is -2.18. The summed E-state index contributed by atoms with van der Waals surface area (Å²) in [7, 11) is -3.01. The van der Waals surface area contributed by atoms with Gasteiger partial charge in [-0.25, -0.2) is 12.7 Å². The number of nitrogens with zero attached hydrogens (tertiary/aromatic N) is 1. The van der Waals surface area contributed by atoms with E-state index in [1.54, 1.807) is 0 Å². The molecule has 0 spiro atoms. The first kappa shape index (κ1) is 12.9. The summed E-state index contributed by atoms with van der Waals surface area (Å²) in [6.45, 7) is 5.74. The van der Waals surface area contributed by atoms with Gasteiger partial charge in [0, 0.05) is 19.1 Å². The number of hydrogen-bond acceptors (Lipinski definition) is 3. The summed E-state index contributed by atoms with van der Waals surface area (Å²) in [5.74, 6) is 0.272. The topological polar surface area (TPSA) is 49.4 Å². The second-order valence-electron chi connectivity index (χ2n) is 3.98. The highest BCUT2D eigenvalue weighted by atomic mass is 32.2. The highest BCUT2D eigenvalue weighted by molar-refractivity contribution is 7.89. The van der Waals surface area contributed by atoms with Crippen LogP contribution in [0.4, 0.5) is 0 Å². The quantitative estimate of drug-likeness (QED) is 0.632. The van der Waals surface area contributed by atoms with Crippen molar-refractivity contribution in [3.8, 4) is 0 Å². The van der Waals surface area contributed by atoms with Crippen molar-refractivity contribution in [2.75, 3.05) is 25.4 Å². The van der Waals surface area contributed by atoms with Crippen LogP contribution in [0.25, 0.3) is 0 Å². The van der Waals surface area contributed by atoms with E-state index in [-0.39, 0.29) is 5.75 Å². The molecule has 0 aromatic carbocycles. The summed E-state index contributed by atoms with van der Waals surface area (Å²) in [6, 6.07) is 0.668. The molecule has 0 aromatic rings. The summed E-state index contributed by atoms with van der Waals surface area (Å²) in [4.78, 5) is 0. The average molecular weight is 234 g/mol. The SMILES string of the molecule is CCN(CC)S(=O)(=O)CCCNC1CC1. The Morgan fingerprint density at radius 2 is 1.87 bits per heavy atom. The van der Waals surface area contributed by atoms with Crippen molar-refractivity contribution in [2.45, 2.75) is 39.2 Å². The summed E-state index contributed by atoms with van der Waals surface area (Å²) >= 11 is 0. The maximum absolute atomic E-state index is 11.8. The second-order valence-corrected chi connectivity index (χ2v) is 6.07. The maximum atomic E-state index is 11.8. The molecule has 5 heteroatoms. The fourth-order valence-electron chi connectivity index (χ4n) is 1.59. The van der Waals surface area contributed by atoms with Crippen molar-refractivity contribution in [3.63, 3.8) is 0 Å². The normalized spacial score (nSPS) is 17.3. The van der Waals surface area contributed by atoms with Gasteiger partial charge in [-0.05, 0) is 25.8 Å². The number of sulfonamides is 1. The standard InChI is InChI=1S/C10H22N2O2S/c1-3-12(4-2)15(13,14)9-5-8-11-10-6-7-10/h10-11H,3-9H2,1-2H3. The number of rotatable bonds is 8. The molecule has 0 atom stereocenters. The smallest absolute Gasteiger partial charge is 0.214 e. The minimum atomic E-state index is -3.01. The van der Waals surface area contributed by atoms with Gasteiger partial charge in [0.1, 0.15) is 0 Å². The van der Waals surface area contributed by atoms with Crippen LogP contribution in [0.3, 0.4) is 0 Å². The molecule has 1 aliphatic carbocycles. The zero-order valence-electron chi connectivity index (χ0n) is 9.70.